The number of rotatable bonds is 5. The summed E-state index contributed by atoms with van der Waals surface area (Å²) in [6.45, 7) is 2.16. The molecule has 2 aromatic rings. The molecule has 3 N–H and O–H groups in total. The number of halogens is 1. The van der Waals surface area contributed by atoms with Gasteiger partial charge >= 0.3 is 0 Å². The maximum Gasteiger partial charge on any atom is 0.285 e. The van der Waals surface area contributed by atoms with Gasteiger partial charge in [-0.1, -0.05) is 0 Å². The van der Waals surface area contributed by atoms with Gasteiger partial charge in [-0.25, -0.2) is 4.39 Å². The van der Waals surface area contributed by atoms with Gasteiger partial charge in [0, 0.05) is 12.7 Å². The summed E-state index contributed by atoms with van der Waals surface area (Å²) in [5, 5.41) is 22.2. The topological polar surface area (TPSA) is 113 Å². The van der Waals surface area contributed by atoms with Crippen molar-refractivity contribution in [2.45, 2.75) is 6.92 Å². The number of hydrogen-bond donors (Lipinski definition) is 3. The molecule has 0 aliphatic heterocycles. The molecular formula is C12H12FN5O3. The predicted molar refractivity (Wildman–Crippen MR) is 73.8 cm³/mol. The number of aromatic amines is 1. The van der Waals surface area contributed by atoms with Crippen molar-refractivity contribution in [2.24, 2.45) is 0 Å². The van der Waals surface area contributed by atoms with Crippen molar-refractivity contribution in [3.05, 3.63) is 46.0 Å². The third-order valence-electron chi connectivity index (χ3n) is 2.65. The molecule has 1 aromatic carbocycles. The number of aromatic nitrogens is 2. The summed E-state index contributed by atoms with van der Waals surface area (Å²) in [5.74, 6) is -1.51. The molecule has 0 atom stereocenters. The maximum absolute atomic E-state index is 13.7. The Bertz CT molecular complexity index is 672. The molecule has 0 saturated heterocycles. The highest BCUT2D eigenvalue weighted by molar-refractivity contribution is 6.07. The number of carbonyl (C=O) groups is 1. The highest BCUT2D eigenvalue weighted by Crippen LogP contribution is 2.26. The zero-order valence-electron chi connectivity index (χ0n) is 11.0. The number of nitro groups is 1. The number of amides is 1. The van der Waals surface area contributed by atoms with E-state index >= 15 is 0 Å². The Kier molecular flexibility index (Phi) is 4.12. The summed E-state index contributed by atoms with van der Waals surface area (Å²) in [6, 6.07) is 1.84. The zero-order valence-corrected chi connectivity index (χ0v) is 11.0. The molecule has 8 nitrogen and oxygen atoms in total. The number of nitro benzene ring substituents is 1. The molecule has 0 fully saturated rings. The lowest BCUT2D eigenvalue weighted by Crippen LogP contribution is -2.15. The van der Waals surface area contributed by atoms with Gasteiger partial charge in [-0.2, -0.15) is 5.10 Å². The van der Waals surface area contributed by atoms with Gasteiger partial charge in [-0.05, 0) is 13.0 Å². The number of nitrogens with one attached hydrogen (secondary N) is 3. The van der Waals surface area contributed by atoms with Crippen molar-refractivity contribution in [1.82, 2.24) is 10.2 Å². The van der Waals surface area contributed by atoms with Gasteiger partial charge in [0.1, 0.15) is 5.56 Å². The van der Waals surface area contributed by atoms with Crippen LogP contribution in [0.3, 0.4) is 0 Å². The summed E-state index contributed by atoms with van der Waals surface area (Å²) in [6.07, 6.45) is 2.76. The summed E-state index contributed by atoms with van der Waals surface area (Å²) >= 11 is 0. The van der Waals surface area contributed by atoms with Crippen LogP contribution in [-0.4, -0.2) is 27.6 Å². The minimum atomic E-state index is -0.802. The van der Waals surface area contributed by atoms with Crippen LogP contribution in [0.5, 0.6) is 0 Å². The van der Waals surface area contributed by atoms with Crippen molar-refractivity contribution >= 4 is 23.0 Å². The van der Waals surface area contributed by atoms with E-state index < -0.39 is 22.3 Å². The van der Waals surface area contributed by atoms with Gasteiger partial charge in [0.05, 0.1) is 28.6 Å². The Hall–Kier alpha value is -2.97. The largest absolute Gasteiger partial charge is 0.383 e. The lowest BCUT2D eigenvalue weighted by atomic mass is 10.1. The molecule has 21 heavy (non-hydrogen) atoms. The first-order valence-corrected chi connectivity index (χ1v) is 6.05. The second kappa shape index (κ2) is 5.99. The minimum absolute atomic E-state index is 0.0282. The lowest BCUT2D eigenvalue weighted by molar-refractivity contribution is -0.385. The molecule has 110 valence electrons. The molecule has 0 unspecified atom stereocenters. The molecule has 1 amide bonds. The van der Waals surface area contributed by atoms with Crippen LogP contribution in [0.2, 0.25) is 0 Å². The fourth-order valence-corrected chi connectivity index (χ4v) is 1.74. The molecule has 9 heteroatoms. The molecular weight excluding hydrogens is 281 g/mol. The third-order valence-corrected chi connectivity index (χ3v) is 2.65. The fourth-order valence-electron chi connectivity index (χ4n) is 1.74. The summed E-state index contributed by atoms with van der Waals surface area (Å²) in [4.78, 5) is 22.3. The Morgan fingerprint density at radius 3 is 2.86 bits per heavy atom. The highest BCUT2D eigenvalue weighted by Gasteiger charge is 2.23. The van der Waals surface area contributed by atoms with E-state index in [-0.39, 0.29) is 11.3 Å². The van der Waals surface area contributed by atoms with Gasteiger partial charge in [0.15, 0.2) is 5.82 Å². The Labute approximate surface area is 118 Å². The Morgan fingerprint density at radius 2 is 2.29 bits per heavy atom. The average molecular weight is 293 g/mol. The number of carbonyl (C=O) groups excluding carboxylic acids is 1. The van der Waals surface area contributed by atoms with E-state index in [2.05, 4.69) is 20.8 Å². The number of anilines is 2. The summed E-state index contributed by atoms with van der Waals surface area (Å²) in [5.41, 5.74) is -0.460. The van der Waals surface area contributed by atoms with E-state index in [4.69, 9.17) is 0 Å². The molecule has 0 bridgehead atoms. The first-order valence-electron chi connectivity index (χ1n) is 6.05. The van der Waals surface area contributed by atoms with E-state index in [0.717, 1.165) is 12.1 Å². The van der Waals surface area contributed by atoms with Crippen molar-refractivity contribution < 1.29 is 14.1 Å². The number of benzene rings is 1. The molecule has 0 radical (unpaired) electrons. The predicted octanol–water partition coefficient (Wildman–Crippen LogP) is 2.14. The average Bonchev–Trinajstić information content (AvgIpc) is 2.93. The SMILES string of the molecule is CCNc1cc(C(=O)Nc2cn[nH]c2)c([N+](=O)[O-])cc1F. The normalized spacial score (nSPS) is 10.2. The fraction of sp³-hybridized carbons (Fsp3) is 0.167. The van der Waals surface area contributed by atoms with Crippen LogP contribution in [-0.2, 0) is 0 Å². The standard InChI is InChI=1S/C12H12FN5O3/c1-2-14-10-3-8(11(18(20)21)4-9(10)13)12(19)17-7-5-15-16-6-7/h3-6,14H,2H2,1H3,(H,15,16)(H,17,19). The number of hydrogen-bond acceptors (Lipinski definition) is 5. The van der Waals surface area contributed by atoms with Crippen molar-refractivity contribution in [3.8, 4) is 0 Å². The smallest absolute Gasteiger partial charge is 0.285 e. The second-order valence-electron chi connectivity index (χ2n) is 4.08. The van der Waals surface area contributed by atoms with Crippen LogP contribution in [0.1, 0.15) is 17.3 Å². The quantitative estimate of drug-likeness (QED) is 0.577. The van der Waals surface area contributed by atoms with Crippen molar-refractivity contribution in [3.63, 3.8) is 0 Å². The Morgan fingerprint density at radius 1 is 1.52 bits per heavy atom. The van der Waals surface area contributed by atoms with Crippen LogP contribution < -0.4 is 10.6 Å². The highest BCUT2D eigenvalue weighted by atomic mass is 19.1. The van der Waals surface area contributed by atoms with Crippen molar-refractivity contribution in [1.29, 1.82) is 0 Å². The number of nitrogens with zero attached hydrogens (tertiary/aromatic N) is 2. The summed E-state index contributed by atoms with van der Waals surface area (Å²) in [7, 11) is 0. The van der Waals surface area contributed by atoms with Gasteiger partial charge < -0.3 is 10.6 Å². The van der Waals surface area contributed by atoms with E-state index in [0.29, 0.717) is 12.2 Å². The molecule has 0 spiro atoms. The van der Waals surface area contributed by atoms with Crippen LogP contribution in [0.15, 0.2) is 24.5 Å². The Balaban J connectivity index is 2.41. The van der Waals surface area contributed by atoms with Crippen LogP contribution in [0, 0.1) is 15.9 Å². The van der Waals surface area contributed by atoms with Crippen LogP contribution in [0.25, 0.3) is 0 Å². The lowest BCUT2D eigenvalue weighted by Gasteiger charge is -2.09. The molecule has 0 saturated carbocycles. The third kappa shape index (κ3) is 3.14. The van der Waals surface area contributed by atoms with Gasteiger partial charge in [0.25, 0.3) is 11.6 Å². The maximum atomic E-state index is 13.7. The van der Waals surface area contributed by atoms with Gasteiger partial charge in [0.2, 0.25) is 0 Å². The zero-order chi connectivity index (χ0) is 15.4. The first-order chi connectivity index (χ1) is 10.0. The van der Waals surface area contributed by atoms with E-state index in [1.165, 1.54) is 12.4 Å². The van der Waals surface area contributed by atoms with E-state index in [1.54, 1.807) is 6.92 Å². The first kappa shape index (κ1) is 14.4. The second-order valence-corrected chi connectivity index (χ2v) is 4.08. The van der Waals surface area contributed by atoms with Gasteiger partial charge in [-0.3, -0.25) is 20.0 Å². The summed E-state index contributed by atoms with van der Waals surface area (Å²) < 4.78 is 13.7. The number of H-pyrrole nitrogens is 1. The van der Waals surface area contributed by atoms with E-state index in [1.807, 2.05) is 0 Å². The molecule has 1 heterocycles. The van der Waals surface area contributed by atoms with Gasteiger partial charge in [-0.15, -0.1) is 0 Å². The van der Waals surface area contributed by atoms with Crippen molar-refractivity contribution in [2.75, 3.05) is 17.2 Å². The molecule has 0 aliphatic rings. The molecule has 2 rings (SSSR count). The monoisotopic (exact) mass is 293 g/mol. The van der Waals surface area contributed by atoms with Crippen LogP contribution >= 0.6 is 0 Å². The minimum Gasteiger partial charge on any atom is -0.383 e. The van der Waals surface area contributed by atoms with E-state index in [9.17, 15) is 19.3 Å². The molecule has 1 aromatic heterocycles. The van der Waals surface area contributed by atoms with Crippen LogP contribution in [0.4, 0.5) is 21.5 Å². The molecule has 0 aliphatic carbocycles.